The predicted octanol–water partition coefficient (Wildman–Crippen LogP) is 2.55. The number of carbonyl (C=O) groups excluding carboxylic acids is 2. The van der Waals surface area contributed by atoms with Crippen LogP contribution in [0, 0.1) is 5.41 Å². The predicted molar refractivity (Wildman–Crippen MR) is 78.4 cm³/mol. The summed E-state index contributed by atoms with van der Waals surface area (Å²) >= 11 is 0. The normalized spacial score (nSPS) is 20.6. The second-order valence-electron chi connectivity index (χ2n) is 5.43. The van der Waals surface area contributed by atoms with Crippen LogP contribution in [0.4, 0.5) is 4.79 Å². The van der Waals surface area contributed by atoms with Crippen LogP contribution in [0.15, 0.2) is 0 Å². The number of carbonyl (C=O) groups is 2. The van der Waals surface area contributed by atoms with E-state index in [-0.39, 0.29) is 18.0 Å². The van der Waals surface area contributed by atoms with Gasteiger partial charge in [-0.25, -0.2) is 4.79 Å². The summed E-state index contributed by atoms with van der Waals surface area (Å²) in [6.45, 7) is 9.65. The zero-order chi connectivity index (χ0) is 15.2. The molecular formula is C15H28N2O3. The number of hydrogen-bond acceptors (Lipinski definition) is 3. The van der Waals surface area contributed by atoms with Crippen molar-refractivity contribution in [2.45, 2.75) is 59.4 Å². The maximum absolute atomic E-state index is 12.2. The van der Waals surface area contributed by atoms with E-state index < -0.39 is 5.41 Å². The molecule has 1 aliphatic heterocycles. The number of rotatable bonds is 7. The zero-order valence-corrected chi connectivity index (χ0v) is 13.2. The number of hydrogen-bond donors (Lipinski definition) is 1. The molecule has 0 spiro atoms. The summed E-state index contributed by atoms with van der Waals surface area (Å²) in [5, 5.41) is 3.01. The maximum atomic E-state index is 12.2. The second-order valence-corrected chi connectivity index (χ2v) is 5.43. The third-order valence-electron chi connectivity index (χ3n) is 4.20. The van der Waals surface area contributed by atoms with Gasteiger partial charge in [-0.3, -0.25) is 4.79 Å². The zero-order valence-electron chi connectivity index (χ0n) is 13.2. The Hall–Kier alpha value is -1.26. The van der Waals surface area contributed by atoms with E-state index in [2.05, 4.69) is 19.2 Å². The number of nitrogens with zero attached hydrogens (tertiary/aromatic N) is 1. The van der Waals surface area contributed by atoms with Gasteiger partial charge in [0.1, 0.15) is 6.61 Å². The third-order valence-corrected chi connectivity index (χ3v) is 4.20. The minimum absolute atomic E-state index is 0.102. The highest BCUT2D eigenvalue weighted by molar-refractivity contribution is 5.82. The van der Waals surface area contributed by atoms with Crippen molar-refractivity contribution >= 4 is 12.0 Å². The highest BCUT2D eigenvalue weighted by atomic mass is 16.5. The summed E-state index contributed by atoms with van der Waals surface area (Å²) in [6, 6.07) is -0.308. The fourth-order valence-corrected chi connectivity index (χ4v) is 3.11. The van der Waals surface area contributed by atoms with Gasteiger partial charge >= 0.3 is 12.0 Å². The van der Waals surface area contributed by atoms with Crippen LogP contribution in [-0.2, 0) is 9.53 Å². The molecule has 0 aromatic carbocycles. The van der Waals surface area contributed by atoms with Crippen molar-refractivity contribution in [2.24, 2.45) is 5.41 Å². The van der Waals surface area contributed by atoms with Crippen molar-refractivity contribution in [1.29, 1.82) is 0 Å². The first kappa shape index (κ1) is 16.8. The van der Waals surface area contributed by atoms with E-state index >= 15 is 0 Å². The molecule has 1 atom stereocenters. The summed E-state index contributed by atoms with van der Waals surface area (Å²) in [5.41, 5.74) is -0.535. The highest BCUT2D eigenvalue weighted by Gasteiger charge is 2.51. The van der Waals surface area contributed by atoms with Gasteiger partial charge in [-0.1, -0.05) is 26.7 Å². The largest absolute Gasteiger partial charge is 0.463 e. The molecule has 2 amide bonds. The van der Waals surface area contributed by atoms with E-state index in [0.717, 1.165) is 25.7 Å². The van der Waals surface area contributed by atoms with Crippen LogP contribution in [0.25, 0.3) is 0 Å². The fourth-order valence-electron chi connectivity index (χ4n) is 3.11. The standard InChI is InChI=1S/C15H28N2O3/c1-5-9-15(10-6-2)12(11-20-13(15)18)16-14(19)17(7-3)8-4/h12H,5-11H2,1-4H3,(H,16,19)/t12-/m0/s1. The minimum Gasteiger partial charge on any atom is -0.463 e. The van der Waals surface area contributed by atoms with Gasteiger partial charge in [0, 0.05) is 13.1 Å². The van der Waals surface area contributed by atoms with Crippen LogP contribution in [-0.4, -0.2) is 42.6 Å². The number of nitrogens with one attached hydrogen (secondary N) is 1. The van der Waals surface area contributed by atoms with E-state index in [1.54, 1.807) is 4.90 Å². The maximum Gasteiger partial charge on any atom is 0.317 e. The Morgan fingerprint density at radius 3 is 2.25 bits per heavy atom. The first-order chi connectivity index (χ1) is 9.55. The Kier molecular flexibility index (Phi) is 6.30. The van der Waals surface area contributed by atoms with Crippen LogP contribution < -0.4 is 5.32 Å². The van der Waals surface area contributed by atoms with Gasteiger partial charge < -0.3 is 15.0 Å². The Balaban J connectivity index is 2.85. The summed E-state index contributed by atoms with van der Waals surface area (Å²) in [4.78, 5) is 26.1. The number of esters is 1. The molecule has 1 heterocycles. The topological polar surface area (TPSA) is 58.6 Å². The van der Waals surface area contributed by atoms with Crippen LogP contribution in [0.2, 0.25) is 0 Å². The molecule has 0 aliphatic carbocycles. The van der Waals surface area contributed by atoms with Crippen molar-refractivity contribution < 1.29 is 14.3 Å². The van der Waals surface area contributed by atoms with Crippen molar-refractivity contribution in [3.63, 3.8) is 0 Å². The lowest BCUT2D eigenvalue weighted by Crippen LogP contribution is -2.52. The van der Waals surface area contributed by atoms with Gasteiger partial charge in [0.2, 0.25) is 0 Å². The van der Waals surface area contributed by atoms with E-state index in [1.807, 2.05) is 13.8 Å². The van der Waals surface area contributed by atoms with Crippen molar-refractivity contribution in [3.05, 3.63) is 0 Å². The Morgan fingerprint density at radius 1 is 1.25 bits per heavy atom. The SMILES string of the molecule is CCCC1(CCC)C(=O)OC[C@@H]1NC(=O)N(CC)CC. The lowest BCUT2D eigenvalue weighted by Gasteiger charge is -2.32. The van der Waals surface area contributed by atoms with E-state index in [4.69, 9.17) is 4.74 Å². The van der Waals surface area contributed by atoms with E-state index in [1.165, 1.54) is 0 Å². The Morgan fingerprint density at radius 2 is 1.80 bits per heavy atom. The monoisotopic (exact) mass is 284 g/mol. The van der Waals surface area contributed by atoms with Crippen LogP contribution in [0.5, 0.6) is 0 Å². The van der Waals surface area contributed by atoms with Gasteiger partial charge in [0.05, 0.1) is 11.5 Å². The molecule has 0 saturated carbocycles. The molecule has 5 heteroatoms. The van der Waals surface area contributed by atoms with Crippen LogP contribution >= 0.6 is 0 Å². The third kappa shape index (κ3) is 3.25. The van der Waals surface area contributed by atoms with Crippen molar-refractivity contribution in [1.82, 2.24) is 10.2 Å². The molecule has 1 rings (SSSR count). The molecule has 0 aromatic heterocycles. The summed E-state index contributed by atoms with van der Waals surface area (Å²) in [6.07, 6.45) is 3.35. The molecule has 1 N–H and O–H groups in total. The molecule has 1 aliphatic rings. The molecule has 20 heavy (non-hydrogen) atoms. The summed E-state index contributed by atoms with van der Waals surface area (Å²) in [5.74, 6) is -0.147. The molecule has 0 bridgehead atoms. The highest BCUT2D eigenvalue weighted by Crippen LogP contribution is 2.39. The number of cyclic esters (lactones) is 1. The van der Waals surface area contributed by atoms with E-state index in [9.17, 15) is 9.59 Å². The quantitative estimate of drug-likeness (QED) is 0.731. The average molecular weight is 284 g/mol. The molecule has 116 valence electrons. The van der Waals surface area contributed by atoms with E-state index in [0.29, 0.717) is 19.7 Å². The molecule has 0 unspecified atom stereocenters. The van der Waals surface area contributed by atoms with Crippen LogP contribution in [0.1, 0.15) is 53.4 Å². The molecule has 0 radical (unpaired) electrons. The average Bonchev–Trinajstić information content (AvgIpc) is 2.70. The lowest BCUT2D eigenvalue weighted by molar-refractivity contribution is -0.147. The van der Waals surface area contributed by atoms with Gasteiger partial charge in [-0.2, -0.15) is 0 Å². The first-order valence-electron chi connectivity index (χ1n) is 7.78. The second kappa shape index (κ2) is 7.50. The van der Waals surface area contributed by atoms with Crippen molar-refractivity contribution in [3.8, 4) is 0 Å². The molecule has 1 saturated heterocycles. The smallest absolute Gasteiger partial charge is 0.317 e. The Bertz CT molecular complexity index is 334. The van der Waals surface area contributed by atoms with Crippen LogP contribution in [0.3, 0.4) is 0 Å². The molecular weight excluding hydrogens is 256 g/mol. The minimum atomic E-state index is -0.535. The Labute approximate surface area is 122 Å². The fraction of sp³-hybridized carbons (Fsp3) is 0.867. The van der Waals surface area contributed by atoms with Gasteiger partial charge in [0.25, 0.3) is 0 Å². The number of urea groups is 1. The van der Waals surface area contributed by atoms with Crippen molar-refractivity contribution in [2.75, 3.05) is 19.7 Å². The lowest BCUT2D eigenvalue weighted by atomic mass is 9.74. The van der Waals surface area contributed by atoms with Gasteiger partial charge in [-0.15, -0.1) is 0 Å². The first-order valence-corrected chi connectivity index (χ1v) is 7.78. The number of ether oxygens (including phenoxy) is 1. The van der Waals surface area contributed by atoms with Gasteiger partial charge in [0.15, 0.2) is 0 Å². The molecule has 0 aromatic rings. The number of amides is 2. The molecule has 1 fully saturated rings. The molecule has 5 nitrogen and oxygen atoms in total. The van der Waals surface area contributed by atoms with Gasteiger partial charge in [-0.05, 0) is 26.7 Å². The summed E-state index contributed by atoms with van der Waals surface area (Å²) < 4.78 is 5.26. The summed E-state index contributed by atoms with van der Waals surface area (Å²) in [7, 11) is 0.